The Balaban J connectivity index is 1.80. The molecule has 2 atom stereocenters. The lowest BCUT2D eigenvalue weighted by Crippen LogP contribution is -2.38. The van der Waals surface area contributed by atoms with Crippen LogP contribution in [0.2, 0.25) is 0 Å². The molecule has 0 spiro atoms. The number of ether oxygens (including phenoxy) is 1. The summed E-state index contributed by atoms with van der Waals surface area (Å²) in [5.41, 5.74) is 2.10. The Morgan fingerprint density at radius 2 is 2.29 bits per heavy atom. The van der Waals surface area contributed by atoms with Crippen molar-refractivity contribution in [3.05, 3.63) is 17.7 Å². The van der Waals surface area contributed by atoms with Crippen molar-refractivity contribution in [1.29, 1.82) is 0 Å². The Labute approximate surface area is 145 Å². The first-order valence-electron chi connectivity index (χ1n) is 8.17. The summed E-state index contributed by atoms with van der Waals surface area (Å²) in [6.07, 6.45) is 0.870. The largest absolute Gasteiger partial charge is 0.493 e. The van der Waals surface area contributed by atoms with Crippen LogP contribution in [0.4, 0.5) is 9.93 Å². The predicted octanol–water partition coefficient (Wildman–Crippen LogP) is 3.18. The van der Waals surface area contributed by atoms with Crippen LogP contribution in [0.3, 0.4) is 0 Å². The lowest BCUT2D eigenvalue weighted by molar-refractivity contribution is 0.249. The van der Waals surface area contributed by atoms with Crippen LogP contribution in [-0.2, 0) is 6.42 Å². The average molecular weight is 341 g/mol. The Bertz CT molecular complexity index is 877. The van der Waals surface area contributed by atoms with E-state index in [0.717, 1.165) is 28.0 Å². The molecule has 1 N–H and O–H groups in total. The molecule has 4 rings (SSSR count). The maximum Gasteiger partial charge on any atom is 0.325 e. The Morgan fingerprint density at radius 1 is 1.46 bits per heavy atom. The van der Waals surface area contributed by atoms with E-state index in [2.05, 4.69) is 31.0 Å². The van der Waals surface area contributed by atoms with Crippen molar-refractivity contribution in [2.24, 2.45) is 5.92 Å². The third-order valence-corrected chi connectivity index (χ3v) is 5.58. The number of anilines is 1. The van der Waals surface area contributed by atoms with Gasteiger partial charge >= 0.3 is 6.03 Å². The summed E-state index contributed by atoms with van der Waals surface area (Å²) in [4.78, 5) is 19.1. The van der Waals surface area contributed by atoms with Crippen LogP contribution >= 0.6 is 11.3 Å². The molecule has 0 bridgehead atoms. The average Bonchev–Trinajstić information content (AvgIpc) is 3.22. The van der Waals surface area contributed by atoms with Crippen LogP contribution in [0, 0.1) is 17.8 Å². The summed E-state index contributed by atoms with van der Waals surface area (Å²) < 4.78 is 6.70. The van der Waals surface area contributed by atoms with Gasteiger partial charge in [-0.25, -0.2) is 9.78 Å². The molecule has 1 aromatic heterocycles. The van der Waals surface area contributed by atoms with Gasteiger partial charge in [0.25, 0.3) is 0 Å². The second-order valence-electron chi connectivity index (χ2n) is 6.41. The minimum atomic E-state index is -0.188. The molecular formula is C18H19N3O2S. The number of rotatable bonds is 2. The van der Waals surface area contributed by atoms with Crippen LogP contribution in [-0.4, -0.2) is 29.7 Å². The summed E-state index contributed by atoms with van der Waals surface area (Å²) in [5, 5.41) is 3.77. The lowest BCUT2D eigenvalue weighted by atomic mass is 9.98. The van der Waals surface area contributed by atoms with Crippen LogP contribution in [0.1, 0.15) is 26.3 Å². The topological polar surface area (TPSA) is 54.5 Å². The molecule has 0 aliphatic carbocycles. The number of carbonyl (C=O) groups is 1. The molecule has 0 radical (unpaired) electrons. The molecule has 2 aliphatic heterocycles. The SMILES string of the molecule is CC#C[C@@H]1C(C(C)C)NC(=O)N1c1nc2c3c(ccc2s1)OCC3. The van der Waals surface area contributed by atoms with Gasteiger partial charge in [0.05, 0.1) is 22.9 Å². The van der Waals surface area contributed by atoms with Crippen LogP contribution in [0.25, 0.3) is 10.2 Å². The van der Waals surface area contributed by atoms with E-state index in [9.17, 15) is 4.79 Å². The van der Waals surface area contributed by atoms with E-state index >= 15 is 0 Å². The minimum Gasteiger partial charge on any atom is -0.493 e. The third kappa shape index (κ3) is 2.23. The fourth-order valence-electron chi connectivity index (χ4n) is 3.38. The minimum absolute atomic E-state index is 0.00557. The van der Waals surface area contributed by atoms with Gasteiger partial charge in [-0.1, -0.05) is 31.1 Å². The van der Waals surface area contributed by atoms with Crippen molar-refractivity contribution in [2.45, 2.75) is 39.3 Å². The van der Waals surface area contributed by atoms with E-state index in [1.165, 1.54) is 11.3 Å². The number of hydrogen-bond donors (Lipinski definition) is 1. The standard InChI is InChI=1S/C18H19N3O2S/c1-4-5-12-15(10(2)3)19-17(22)21(12)18-20-16-11-8-9-23-13(11)6-7-14(16)24-18/h6-7,10,12,15H,8-9H2,1-3H3,(H,19,22)/t12-,15?/m1/s1. The number of aromatic nitrogens is 1. The number of amides is 2. The Morgan fingerprint density at radius 3 is 3.04 bits per heavy atom. The van der Waals surface area contributed by atoms with Gasteiger partial charge in [0.1, 0.15) is 11.8 Å². The van der Waals surface area contributed by atoms with Crippen molar-refractivity contribution in [3.8, 4) is 17.6 Å². The summed E-state index contributed by atoms with van der Waals surface area (Å²) in [5.74, 6) is 7.36. The number of fused-ring (bicyclic) bond motifs is 3. The molecule has 2 aliphatic rings. The van der Waals surface area contributed by atoms with Gasteiger partial charge in [-0.2, -0.15) is 0 Å². The smallest absolute Gasteiger partial charge is 0.325 e. The van der Waals surface area contributed by atoms with Crippen molar-refractivity contribution in [2.75, 3.05) is 11.5 Å². The highest BCUT2D eigenvalue weighted by Gasteiger charge is 2.42. The fourth-order valence-corrected chi connectivity index (χ4v) is 4.41. The van der Waals surface area contributed by atoms with E-state index in [4.69, 9.17) is 9.72 Å². The highest BCUT2D eigenvalue weighted by Crippen LogP contribution is 2.39. The van der Waals surface area contributed by atoms with Gasteiger partial charge in [-0.15, -0.1) is 5.92 Å². The molecule has 6 heteroatoms. The third-order valence-electron chi connectivity index (χ3n) is 4.56. The predicted molar refractivity (Wildman–Crippen MR) is 95.7 cm³/mol. The first kappa shape index (κ1) is 15.3. The number of nitrogens with zero attached hydrogens (tertiary/aromatic N) is 2. The molecule has 3 heterocycles. The lowest BCUT2D eigenvalue weighted by Gasteiger charge is -2.21. The van der Waals surface area contributed by atoms with Gasteiger partial charge < -0.3 is 10.1 Å². The summed E-state index contributed by atoms with van der Waals surface area (Å²) in [7, 11) is 0. The zero-order chi connectivity index (χ0) is 16.8. The summed E-state index contributed by atoms with van der Waals surface area (Å²) >= 11 is 1.54. The molecule has 2 amide bonds. The quantitative estimate of drug-likeness (QED) is 0.854. The molecule has 0 saturated carbocycles. The number of carbonyl (C=O) groups excluding carboxylic acids is 1. The van der Waals surface area contributed by atoms with E-state index in [1.54, 1.807) is 11.8 Å². The maximum absolute atomic E-state index is 12.6. The second-order valence-corrected chi connectivity index (χ2v) is 7.42. The van der Waals surface area contributed by atoms with Gasteiger partial charge in [-0.3, -0.25) is 4.90 Å². The number of nitrogens with one attached hydrogen (secondary N) is 1. The van der Waals surface area contributed by atoms with E-state index in [0.29, 0.717) is 17.7 Å². The normalized spacial score (nSPS) is 22.3. The van der Waals surface area contributed by atoms with Crippen molar-refractivity contribution >= 4 is 32.7 Å². The van der Waals surface area contributed by atoms with Crippen molar-refractivity contribution in [3.63, 3.8) is 0 Å². The number of hydrogen-bond acceptors (Lipinski definition) is 4. The molecule has 5 nitrogen and oxygen atoms in total. The van der Waals surface area contributed by atoms with Crippen LogP contribution in [0.15, 0.2) is 12.1 Å². The van der Waals surface area contributed by atoms with E-state index in [-0.39, 0.29) is 18.1 Å². The highest BCUT2D eigenvalue weighted by atomic mass is 32.1. The molecule has 1 unspecified atom stereocenters. The van der Waals surface area contributed by atoms with Gasteiger partial charge in [0.15, 0.2) is 5.13 Å². The summed E-state index contributed by atoms with van der Waals surface area (Å²) in [6.45, 7) is 6.70. The molecule has 1 aromatic carbocycles. The van der Waals surface area contributed by atoms with Crippen LogP contribution in [0.5, 0.6) is 5.75 Å². The zero-order valence-corrected chi connectivity index (χ0v) is 14.7. The molecule has 2 aromatic rings. The van der Waals surface area contributed by atoms with Gasteiger partial charge in [0, 0.05) is 12.0 Å². The number of urea groups is 1. The van der Waals surface area contributed by atoms with Crippen molar-refractivity contribution < 1.29 is 9.53 Å². The van der Waals surface area contributed by atoms with Gasteiger partial charge in [0.2, 0.25) is 0 Å². The zero-order valence-electron chi connectivity index (χ0n) is 13.9. The second kappa shape index (κ2) is 5.67. The fraction of sp³-hybridized carbons (Fsp3) is 0.444. The first-order chi connectivity index (χ1) is 11.6. The first-order valence-corrected chi connectivity index (χ1v) is 8.99. The monoisotopic (exact) mass is 341 g/mol. The van der Waals surface area contributed by atoms with Crippen LogP contribution < -0.4 is 15.0 Å². The molecular weight excluding hydrogens is 322 g/mol. The van der Waals surface area contributed by atoms with Crippen molar-refractivity contribution in [1.82, 2.24) is 10.3 Å². The Hall–Kier alpha value is -2.26. The molecule has 124 valence electrons. The molecule has 1 fully saturated rings. The molecule has 24 heavy (non-hydrogen) atoms. The van der Waals surface area contributed by atoms with Gasteiger partial charge in [-0.05, 0) is 25.0 Å². The number of thiazole rings is 1. The Kier molecular flexibility index (Phi) is 3.61. The maximum atomic E-state index is 12.6. The van der Waals surface area contributed by atoms with E-state index in [1.807, 2.05) is 12.1 Å². The van der Waals surface area contributed by atoms with E-state index < -0.39 is 0 Å². The highest BCUT2D eigenvalue weighted by molar-refractivity contribution is 7.22. The number of benzene rings is 1. The summed E-state index contributed by atoms with van der Waals surface area (Å²) in [6, 6.07) is 3.72. The molecule has 1 saturated heterocycles.